The van der Waals surface area contributed by atoms with Gasteiger partial charge in [-0.3, -0.25) is 0 Å². The number of rotatable bonds is 15. The molecular weight excluding hydrogens is 563 g/mol. The molecular formula is C41H60F3N. The first-order chi connectivity index (χ1) is 21.5. The molecule has 0 aliphatic rings. The predicted octanol–water partition coefficient (Wildman–Crippen LogP) is 13.1. The van der Waals surface area contributed by atoms with Crippen molar-refractivity contribution in [3.05, 3.63) is 107 Å². The third kappa shape index (κ3) is 15.7. The van der Waals surface area contributed by atoms with Crippen molar-refractivity contribution >= 4 is 11.3 Å². The van der Waals surface area contributed by atoms with E-state index in [9.17, 15) is 13.2 Å². The maximum atomic E-state index is 12.1. The average Bonchev–Trinajstić information content (AvgIpc) is 3.03. The van der Waals surface area contributed by atoms with Crippen LogP contribution in [0.1, 0.15) is 133 Å². The van der Waals surface area contributed by atoms with Gasteiger partial charge in [0.25, 0.3) is 0 Å². The largest absolute Gasteiger partial charge is 0.416 e. The molecule has 4 heteroatoms. The lowest BCUT2D eigenvalue weighted by Crippen LogP contribution is -2.04. The van der Waals surface area contributed by atoms with Gasteiger partial charge in [-0.2, -0.15) is 13.2 Å². The van der Waals surface area contributed by atoms with E-state index in [4.69, 9.17) is 5.73 Å². The maximum Gasteiger partial charge on any atom is 0.416 e. The Kier molecular flexibility index (Phi) is 20.0. The van der Waals surface area contributed by atoms with Gasteiger partial charge in [-0.1, -0.05) is 148 Å². The number of halogens is 3. The summed E-state index contributed by atoms with van der Waals surface area (Å²) in [5.41, 5.74) is 13.7. The summed E-state index contributed by atoms with van der Waals surface area (Å²) in [6, 6.07) is 20.4. The Morgan fingerprint density at radius 3 is 1.87 bits per heavy atom. The third-order valence-corrected chi connectivity index (χ3v) is 8.24. The highest BCUT2D eigenvalue weighted by atomic mass is 19.4. The fourth-order valence-corrected chi connectivity index (χ4v) is 5.68. The summed E-state index contributed by atoms with van der Waals surface area (Å²) in [4.78, 5) is 0. The second-order valence-electron chi connectivity index (χ2n) is 12.0. The number of hydrogen-bond donors (Lipinski definition) is 1. The van der Waals surface area contributed by atoms with E-state index in [0.717, 1.165) is 30.5 Å². The molecule has 0 aliphatic heterocycles. The number of para-hydroxylation sites is 1. The second kappa shape index (κ2) is 22.5. The first-order valence-electron chi connectivity index (χ1n) is 17.3. The van der Waals surface area contributed by atoms with Crippen LogP contribution in [0.25, 0.3) is 5.57 Å². The van der Waals surface area contributed by atoms with Gasteiger partial charge in [0.15, 0.2) is 0 Å². The number of anilines is 1. The van der Waals surface area contributed by atoms with Crippen LogP contribution >= 0.6 is 0 Å². The normalized spacial score (nSPS) is 11.0. The molecule has 0 fully saturated rings. The highest BCUT2D eigenvalue weighted by Crippen LogP contribution is 2.30. The van der Waals surface area contributed by atoms with Crippen molar-refractivity contribution in [3.63, 3.8) is 0 Å². The second-order valence-corrected chi connectivity index (χ2v) is 12.0. The van der Waals surface area contributed by atoms with E-state index in [1.807, 2.05) is 25.1 Å². The fourth-order valence-electron chi connectivity index (χ4n) is 5.68. The van der Waals surface area contributed by atoms with Gasteiger partial charge in [-0.25, -0.2) is 0 Å². The van der Waals surface area contributed by atoms with Crippen molar-refractivity contribution in [2.75, 3.05) is 5.73 Å². The van der Waals surface area contributed by atoms with Gasteiger partial charge >= 0.3 is 6.18 Å². The lowest BCUT2D eigenvalue weighted by Gasteiger charge is -2.16. The van der Waals surface area contributed by atoms with E-state index in [0.29, 0.717) is 12.0 Å². The fraction of sp³-hybridized carbons (Fsp3) is 0.512. The number of nitrogen functional groups attached to an aromatic ring is 1. The summed E-state index contributed by atoms with van der Waals surface area (Å²) in [6.07, 6.45) is 11.6. The molecule has 2 N–H and O–H groups in total. The molecule has 0 radical (unpaired) electrons. The Labute approximate surface area is 273 Å². The molecule has 0 aliphatic carbocycles. The molecule has 0 unspecified atom stereocenters. The van der Waals surface area contributed by atoms with Gasteiger partial charge in [0.05, 0.1) is 5.56 Å². The van der Waals surface area contributed by atoms with Crippen molar-refractivity contribution in [3.8, 4) is 0 Å². The summed E-state index contributed by atoms with van der Waals surface area (Å²) in [7, 11) is 0. The smallest absolute Gasteiger partial charge is 0.399 e. The summed E-state index contributed by atoms with van der Waals surface area (Å²) < 4.78 is 36.3. The van der Waals surface area contributed by atoms with E-state index in [1.165, 1.54) is 93.0 Å². The number of nitrogens with two attached hydrogens (primary N) is 1. The minimum atomic E-state index is -4.22. The van der Waals surface area contributed by atoms with Crippen molar-refractivity contribution in [2.24, 2.45) is 5.92 Å². The monoisotopic (exact) mass is 623 g/mol. The molecule has 0 aromatic heterocycles. The van der Waals surface area contributed by atoms with Gasteiger partial charge < -0.3 is 5.73 Å². The van der Waals surface area contributed by atoms with Gasteiger partial charge in [0.1, 0.15) is 0 Å². The van der Waals surface area contributed by atoms with Crippen LogP contribution in [0.5, 0.6) is 0 Å². The predicted molar refractivity (Wildman–Crippen MR) is 192 cm³/mol. The van der Waals surface area contributed by atoms with Crippen molar-refractivity contribution in [1.29, 1.82) is 0 Å². The molecule has 250 valence electrons. The molecule has 0 heterocycles. The Balaban J connectivity index is 0.000000395. The highest BCUT2D eigenvalue weighted by Gasteiger charge is 2.30. The molecule has 0 bridgehead atoms. The van der Waals surface area contributed by atoms with Gasteiger partial charge in [-0.15, -0.1) is 0 Å². The SMILES string of the molecule is C=C(CCCC(CCC)CCC)c1ccc(CCC)c(CCC)c1.CCc1cccc(C(F)(F)F)c1.CCc1ccccc1N. The first kappa shape index (κ1) is 40.0. The van der Waals surface area contributed by atoms with Crippen LogP contribution in [-0.4, -0.2) is 0 Å². The highest BCUT2D eigenvalue weighted by molar-refractivity contribution is 5.64. The quantitative estimate of drug-likeness (QED) is 0.167. The average molecular weight is 624 g/mol. The van der Waals surface area contributed by atoms with Crippen molar-refractivity contribution in [1.82, 2.24) is 0 Å². The number of benzene rings is 3. The van der Waals surface area contributed by atoms with Crippen LogP contribution < -0.4 is 5.73 Å². The number of allylic oxidation sites excluding steroid dienone is 1. The summed E-state index contributed by atoms with van der Waals surface area (Å²) in [6.45, 7) is 17.5. The number of aryl methyl sites for hydroxylation is 4. The topological polar surface area (TPSA) is 26.0 Å². The molecule has 1 nitrogen and oxygen atoms in total. The Hall–Kier alpha value is -3.01. The van der Waals surface area contributed by atoms with E-state index in [2.05, 4.69) is 65.5 Å². The summed E-state index contributed by atoms with van der Waals surface area (Å²) >= 11 is 0. The molecule has 0 atom stereocenters. The standard InChI is InChI=1S/C24H40.C9H9F3.C8H11N/c1-6-11-21(12-7-2)16-10-15-20(5)23-18-17-22(13-8-3)24(19-23)14-9-4;1-2-7-4-3-5-8(6-7)9(10,11)12;1-2-7-5-3-4-6-8(7)9/h17-19,21H,5-16H2,1-4H3;3-6H,2H2,1H3;3-6H,2,9H2,1H3. The lowest BCUT2D eigenvalue weighted by atomic mass is 9.90. The number of alkyl halides is 3. The van der Waals surface area contributed by atoms with Crippen LogP contribution in [-0.2, 0) is 31.9 Å². The summed E-state index contributed by atoms with van der Waals surface area (Å²) in [5.74, 6) is 0.926. The zero-order valence-electron chi connectivity index (χ0n) is 29.0. The van der Waals surface area contributed by atoms with Crippen LogP contribution in [0.4, 0.5) is 18.9 Å². The lowest BCUT2D eigenvalue weighted by molar-refractivity contribution is -0.137. The zero-order chi connectivity index (χ0) is 33.7. The van der Waals surface area contributed by atoms with Gasteiger partial charge in [-0.05, 0) is 90.0 Å². The van der Waals surface area contributed by atoms with Gasteiger partial charge in [0.2, 0.25) is 0 Å². The Bertz CT molecular complexity index is 1220. The molecule has 3 rings (SSSR count). The molecule has 0 amide bonds. The third-order valence-electron chi connectivity index (χ3n) is 8.24. The first-order valence-corrected chi connectivity index (χ1v) is 17.3. The van der Waals surface area contributed by atoms with E-state index < -0.39 is 11.7 Å². The van der Waals surface area contributed by atoms with Crippen LogP contribution in [0.3, 0.4) is 0 Å². The molecule has 0 spiro atoms. The molecule has 0 saturated heterocycles. The van der Waals surface area contributed by atoms with Crippen LogP contribution in [0.15, 0.2) is 73.3 Å². The maximum absolute atomic E-state index is 12.1. The minimum absolute atomic E-state index is 0.568. The van der Waals surface area contributed by atoms with Gasteiger partial charge in [0, 0.05) is 5.69 Å². The van der Waals surface area contributed by atoms with Crippen LogP contribution in [0, 0.1) is 5.92 Å². The summed E-state index contributed by atoms with van der Waals surface area (Å²) in [5, 5.41) is 0. The Morgan fingerprint density at radius 1 is 0.689 bits per heavy atom. The van der Waals surface area contributed by atoms with E-state index in [-0.39, 0.29) is 0 Å². The van der Waals surface area contributed by atoms with E-state index in [1.54, 1.807) is 17.2 Å². The Morgan fingerprint density at radius 2 is 1.33 bits per heavy atom. The number of hydrogen-bond acceptors (Lipinski definition) is 1. The minimum Gasteiger partial charge on any atom is -0.399 e. The molecule has 45 heavy (non-hydrogen) atoms. The molecule has 3 aromatic carbocycles. The molecule has 0 saturated carbocycles. The van der Waals surface area contributed by atoms with Crippen molar-refractivity contribution < 1.29 is 13.2 Å². The van der Waals surface area contributed by atoms with E-state index >= 15 is 0 Å². The van der Waals surface area contributed by atoms with Crippen LogP contribution in [0.2, 0.25) is 0 Å². The van der Waals surface area contributed by atoms with Crippen molar-refractivity contribution in [2.45, 2.75) is 131 Å². The zero-order valence-corrected chi connectivity index (χ0v) is 29.0. The molecule has 3 aromatic rings.